The molecule has 0 saturated heterocycles. The summed E-state index contributed by atoms with van der Waals surface area (Å²) in [6, 6.07) is 0. The van der Waals surface area contributed by atoms with E-state index in [0.717, 1.165) is 31.6 Å². The van der Waals surface area contributed by atoms with Crippen LogP contribution in [0.3, 0.4) is 0 Å². The first-order chi connectivity index (χ1) is 8.02. The van der Waals surface area contributed by atoms with Crippen LogP contribution >= 0.6 is 0 Å². The lowest BCUT2D eigenvalue weighted by Gasteiger charge is -2.30. The maximum Gasteiger partial charge on any atom is 0.338 e. The van der Waals surface area contributed by atoms with Crippen molar-refractivity contribution in [3.8, 4) is 0 Å². The molecule has 0 bridgehead atoms. The van der Waals surface area contributed by atoms with Gasteiger partial charge in [-0.15, -0.1) is 0 Å². The highest BCUT2D eigenvalue weighted by atomic mass is 16.5. The fraction of sp³-hybridized carbons (Fsp3) is 0.929. The maximum absolute atomic E-state index is 11.8. The quantitative estimate of drug-likeness (QED) is 0.609. The molecular formula is C14H26O3. The Balaban J connectivity index is 2.61. The van der Waals surface area contributed by atoms with Crippen LogP contribution in [0, 0.1) is 11.8 Å². The van der Waals surface area contributed by atoms with Gasteiger partial charge in [0.1, 0.15) is 0 Å². The summed E-state index contributed by atoms with van der Waals surface area (Å²) in [4.78, 5) is 11.8. The van der Waals surface area contributed by atoms with Crippen LogP contribution in [0.25, 0.3) is 0 Å². The van der Waals surface area contributed by atoms with Gasteiger partial charge in [0.15, 0.2) is 5.60 Å². The highest BCUT2D eigenvalue weighted by Gasteiger charge is 2.41. The van der Waals surface area contributed by atoms with Gasteiger partial charge in [0.05, 0.1) is 6.61 Å². The number of hydrogen-bond acceptors (Lipinski definition) is 3. The Morgan fingerprint density at radius 2 is 2.00 bits per heavy atom. The molecule has 0 amide bonds. The summed E-state index contributed by atoms with van der Waals surface area (Å²) in [5.74, 6) is 0.357. The molecule has 3 nitrogen and oxygen atoms in total. The van der Waals surface area contributed by atoms with Crippen molar-refractivity contribution in [3.05, 3.63) is 0 Å². The smallest absolute Gasteiger partial charge is 0.338 e. The number of carbonyl (C=O) groups is 1. The van der Waals surface area contributed by atoms with Crippen LogP contribution in [0.15, 0.2) is 0 Å². The van der Waals surface area contributed by atoms with E-state index in [2.05, 4.69) is 6.92 Å². The summed E-state index contributed by atoms with van der Waals surface area (Å²) >= 11 is 0. The van der Waals surface area contributed by atoms with Crippen LogP contribution in [-0.2, 0) is 9.53 Å². The Bertz CT molecular complexity index is 248. The van der Waals surface area contributed by atoms with Crippen molar-refractivity contribution in [3.63, 3.8) is 0 Å². The van der Waals surface area contributed by atoms with Crippen LogP contribution < -0.4 is 0 Å². The third-order valence-corrected chi connectivity index (χ3v) is 4.15. The summed E-state index contributed by atoms with van der Waals surface area (Å²) < 4.78 is 4.96. The molecule has 1 fully saturated rings. The fourth-order valence-corrected chi connectivity index (χ4v) is 2.79. The highest BCUT2D eigenvalue weighted by molar-refractivity contribution is 5.79. The minimum Gasteiger partial charge on any atom is -0.464 e. The summed E-state index contributed by atoms with van der Waals surface area (Å²) in [7, 11) is 0. The standard InChI is InChI=1S/C14H26O3/c1-4-11-7-6-8-12(10-9-11)14(3,16)13(15)17-5-2/h11-12,16H,4-10H2,1-3H3. The molecular weight excluding hydrogens is 216 g/mol. The number of esters is 1. The van der Waals surface area contributed by atoms with E-state index < -0.39 is 11.6 Å². The van der Waals surface area contributed by atoms with E-state index in [1.807, 2.05) is 0 Å². The zero-order valence-electron chi connectivity index (χ0n) is 11.4. The van der Waals surface area contributed by atoms with Gasteiger partial charge in [0.25, 0.3) is 0 Å². The topological polar surface area (TPSA) is 46.5 Å². The van der Waals surface area contributed by atoms with Gasteiger partial charge in [0, 0.05) is 0 Å². The van der Waals surface area contributed by atoms with Gasteiger partial charge in [-0.05, 0) is 38.5 Å². The van der Waals surface area contributed by atoms with Gasteiger partial charge >= 0.3 is 5.97 Å². The van der Waals surface area contributed by atoms with Gasteiger partial charge in [0.2, 0.25) is 0 Å². The van der Waals surface area contributed by atoms with Crippen molar-refractivity contribution in [2.45, 2.75) is 64.9 Å². The van der Waals surface area contributed by atoms with Crippen molar-refractivity contribution < 1.29 is 14.6 Å². The molecule has 0 aliphatic heterocycles. The first kappa shape index (κ1) is 14.5. The summed E-state index contributed by atoms with van der Waals surface area (Å²) in [6.45, 7) is 5.93. The van der Waals surface area contributed by atoms with E-state index in [9.17, 15) is 9.90 Å². The SMILES string of the molecule is CCOC(=O)C(C)(O)C1CCCC(CC)CC1. The summed E-state index contributed by atoms with van der Waals surface area (Å²) in [5, 5.41) is 10.3. The van der Waals surface area contributed by atoms with Gasteiger partial charge in [-0.25, -0.2) is 4.79 Å². The number of aliphatic hydroxyl groups is 1. The molecule has 17 heavy (non-hydrogen) atoms. The lowest BCUT2D eigenvalue weighted by Crippen LogP contribution is -2.44. The number of hydrogen-bond donors (Lipinski definition) is 1. The van der Waals surface area contributed by atoms with Crippen LogP contribution in [0.5, 0.6) is 0 Å². The second-order valence-corrected chi connectivity index (χ2v) is 5.35. The molecule has 100 valence electrons. The molecule has 0 heterocycles. The lowest BCUT2D eigenvalue weighted by molar-refractivity contribution is -0.169. The van der Waals surface area contributed by atoms with E-state index in [0.29, 0.717) is 6.61 Å². The predicted octanol–water partition coefficient (Wildman–Crippen LogP) is 2.91. The molecule has 1 aliphatic carbocycles. The van der Waals surface area contributed by atoms with Crippen LogP contribution in [0.1, 0.15) is 59.3 Å². The van der Waals surface area contributed by atoms with Gasteiger partial charge in [-0.2, -0.15) is 0 Å². The van der Waals surface area contributed by atoms with Crippen LogP contribution in [0.2, 0.25) is 0 Å². The molecule has 0 aromatic heterocycles. The maximum atomic E-state index is 11.8. The Morgan fingerprint density at radius 3 is 2.59 bits per heavy atom. The Hall–Kier alpha value is -0.570. The third-order valence-electron chi connectivity index (χ3n) is 4.15. The second-order valence-electron chi connectivity index (χ2n) is 5.35. The Labute approximate surface area is 105 Å². The van der Waals surface area contributed by atoms with Crippen LogP contribution in [0.4, 0.5) is 0 Å². The summed E-state index contributed by atoms with van der Waals surface area (Å²) in [6.07, 6.45) is 6.53. The van der Waals surface area contributed by atoms with Gasteiger partial charge in [-0.3, -0.25) is 0 Å². The number of ether oxygens (including phenoxy) is 1. The first-order valence-corrected chi connectivity index (χ1v) is 6.91. The molecule has 1 N–H and O–H groups in total. The molecule has 1 saturated carbocycles. The van der Waals surface area contributed by atoms with Crippen molar-refractivity contribution >= 4 is 5.97 Å². The lowest BCUT2D eigenvalue weighted by atomic mass is 9.83. The normalized spacial score (nSPS) is 29.2. The molecule has 3 unspecified atom stereocenters. The van der Waals surface area contributed by atoms with Crippen molar-refractivity contribution in [2.24, 2.45) is 11.8 Å². The zero-order chi connectivity index (χ0) is 12.9. The van der Waals surface area contributed by atoms with Crippen molar-refractivity contribution in [2.75, 3.05) is 6.61 Å². The molecule has 1 aliphatic rings. The van der Waals surface area contributed by atoms with Gasteiger partial charge < -0.3 is 9.84 Å². The molecule has 0 aromatic carbocycles. The fourth-order valence-electron chi connectivity index (χ4n) is 2.79. The summed E-state index contributed by atoms with van der Waals surface area (Å²) in [5.41, 5.74) is -1.31. The second kappa shape index (κ2) is 6.39. The zero-order valence-corrected chi connectivity index (χ0v) is 11.4. The molecule has 1 rings (SSSR count). The average molecular weight is 242 g/mol. The predicted molar refractivity (Wildman–Crippen MR) is 67.6 cm³/mol. The molecule has 0 aromatic rings. The van der Waals surface area contributed by atoms with E-state index >= 15 is 0 Å². The third kappa shape index (κ3) is 3.70. The molecule has 0 spiro atoms. The van der Waals surface area contributed by atoms with Gasteiger partial charge in [-0.1, -0.05) is 32.6 Å². The molecule has 3 heteroatoms. The van der Waals surface area contributed by atoms with E-state index in [4.69, 9.17) is 4.74 Å². The molecule has 3 atom stereocenters. The van der Waals surface area contributed by atoms with E-state index in [-0.39, 0.29) is 5.92 Å². The van der Waals surface area contributed by atoms with Crippen LogP contribution in [-0.4, -0.2) is 23.3 Å². The minimum absolute atomic E-state index is 0.0538. The van der Waals surface area contributed by atoms with Crippen molar-refractivity contribution in [1.82, 2.24) is 0 Å². The van der Waals surface area contributed by atoms with Crippen molar-refractivity contribution in [1.29, 1.82) is 0 Å². The number of rotatable bonds is 4. The average Bonchev–Trinajstić information content (AvgIpc) is 2.54. The highest BCUT2D eigenvalue weighted by Crippen LogP contribution is 2.35. The largest absolute Gasteiger partial charge is 0.464 e. The van der Waals surface area contributed by atoms with E-state index in [1.54, 1.807) is 13.8 Å². The first-order valence-electron chi connectivity index (χ1n) is 6.91. The monoisotopic (exact) mass is 242 g/mol. The number of carbonyl (C=O) groups excluding carboxylic acids is 1. The minimum atomic E-state index is -1.31. The molecule has 0 radical (unpaired) electrons. The van der Waals surface area contributed by atoms with E-state index in [1.165, 1.54) is 12.8 Å². The Morgan fingerprint density at radius 1 is 1.29 bits per heavy atom. The Kier molecular flexibility index (Phi) is 5.44.